The van der Waals surface area contributed by atoms with Crippen LogP contribution in [0.4, 0.5) is 0 Å². The highest BCUT2D eigenvalue weighted by Crippen LogP contribution is 2.18. The van der Waals surface area contributed by atoms with Gasteiger partial charge in [0.05, 0.1) is 24.0 Å². The molecule has 31 nitrogen and oxygen atoms in total. The average Bonchev–Trinajstić information content (AvgIpc) is 0.905. The van der Waals surface area contributed by atoms with Gasteiger partial charge in [0.2, 0.25) is 43.3 Å². The van der Waals surface area contributed by atoms with Crippen LogP contribution in [0.5, 0.6) is 0 Å². The summed E-state index contributed by atoms with van der Waals surface area (Å²) in [5.74, 6) is -4.98. The molecule has 0 aliphatic heterocycles. The molecule has 0 spiro atoms. The number of carbonyl (C=O) groups is 18. The van der Waals surface area contributed by atoms with Crippen molar-refractivity contribution in [2.24, 2.45) is 0 Å². The van der Waals surface area contributed by atoms with Gasteiger partial charge in [0.1, 0.15) is 0 Å². The van der Waals surface area contributed by atoms with Crippen LogP contribution in [0.25, 0.3) is 12.2 Å². The Morgan fingerprint density at radius 3 is 0.808 bits per heavy atom. The fourth-order valence-corrected chi connectivity index (χ4v) is 12.1. The van der Waals surface area contributed by atoms with Crippen LogP contribution in [0.15, 0.2) is 161 Å². The molecule has 0 radical (unpaired) electrons. The predicted molar refractivity (Wildman–Crippen MR) is 522 cm³/mol. The lowest BCUT2D eigenvalue weighted by molar-refractivity contribution is -0.138. The molecule has 0 aliphatic rings. The zero-order valence-electron chi connectivity index (χ0n) is 75.8. The average molecular weight is 1920 g/mol. The highest BCUT2D eigenvalue weighted by Gasteiger charge is 2.10. The Labute approximate surface area is 787 Å². The number of aliphatic carboxylic acids is 8. The molecule has 0 aromatic heterocycles. The van der Waals surface area contributed by atoms with Crippen molar-refractivity contribution in [1.82, 2.24) is 16.0 Å². The van der Waals surface area contributed by atoms with E-state index in [1.807, 2.05) is 0 Å². The molecule has 728 valence electrons. The zero-order valence-corrected chi connectivity index (χ0v) is 79.9. The number of benzene rings is 2. The standard InChI is InChI=1S/C13H22O3S.C12H20O3S.C11H18O3S.C10H16O3S.C9H14O3S.2C9H8O2.C8H13NO3.C7H11NO3.C6H9NO3/c1-11(2)13(16)17-10-8-6-4-3-5-7-9-12(14)15;1-2-12(15)16-10-8-6-4-3-5-7-9-11(13)14;1-9(2)11(14)15-8-6-4-3-5-7-10(12)13;1-2-10(13)14-8-6-4-3-5-7-9(11)12;1-7(2)9(12)13-6-4-3-5-8(10)11;1-2-7-3-5-8(6-4-7)9(10)11;1-2-7-4-3-5-8(6-7)9(10)11;1-2-7(10)9-6-4-3-5-8(11)12;1-5(2)7(11)8-4-3-6(9)10;1-2-5(8)7-4-3-6(9)10/h1,3-10H2,2H3,(H,14,15);2H,1,3-10H2,(H,13,14);1,3-8H2,2H3,(H,12,13);2H,1,3-8H2,(H,11,12);1,3-6H2,2H3,(H,10,11);2*2-6H,1H2,(H,10,11);2H,1,3-6H2,(H,9,10)(H,11,12);1,3-4H2,2H3,(H,8,11)(H,9,10);2H,1,3-4H2,(H,7,8)(H,9,10). The number of nitrogens with one attached hydrogen (secondary N) is 3. The summed E-state index contributed by atoms with van der Waals surface area (Å²) in [5.41, 5.74) is 4.48. The maximum absolute atomic E-state index is 11.2. The summed E-state index contributed by atoms with van der Waals surface area (Å²) in [4.78, 5) is 188. The van der Waals surface area contributed by atoms with E-state index in [0.717, 1.165) is 175 Å². The van der Waals surface area contributed by atoms with Gasteiger partial charge in [-0.25, -0.2) is 9.59 Å². The number of hydrogen-bond donors (Lipinski definition) is 13. The summed E-state index contributed by atoms with van der Waals surface area (Å²) in [6, 6.07) is 13.2. The molecule has 0 fully saturated rings. The number of aromatic carboxylic acids is 2. The lowest BCUT2D eigenvalue weighted by Crippen LogP contribution is -2.26. The molecule has 2 aromatic rings. The minimum absolute atomic E-state index is 0.00433. The largest absolute Gasteiger partial charge is 0.481 e. The molecular formula is C94H139N3O28S5. The fourth-order valence-electron chi connectivity index (χ4n) is 8.38. The predicted octanol–water partition coefficient (Wildman–Crippen LogP) is 18.8. The van der Waals surface area contributed by atoms with Crippen molar-refractivity contribution < 1.29 is 137 Å². The van der Waals surface area contributed by atoms with E-state index >= 15 is 0 Å². The summed E-state index contributed by atoms with van der Waals surface area (Å²) in [5, 5.41) is 91.1. The number of carbonyl (C=O) groups excluding carboxylic acids is 8. The van der Waals surface area contributed by atoms with E-state index in [2.05, 4.69) is 81.7 Å². The van der Waals surface area contributed by atoms with Crippen LogP contribution in [0.1, 0.15) is 265 Å². The number of carboxylic acids is 10. The van der Waals surface area contributed by atoms with E-state index < -0.39 is 59.7 Å². The Kier molecular flexibility index (Phi) is 101. The third-order valence-corrected chi connectivity index (χ3v) is 20.6. The van der Waals surface area contributed by atoms with E-state index in [9.17, 15) is 86.3 Å². The topological polar surface area (TPSA) is 546 Å². The van der Waals surface area contributed by atoms with Gasteiger partial charge in [0.15, 0.2) is 0 Å². The van der Waals surface area contributed by atoms with Gasteiger partial charge < -0.3 is 67.0 Å². The molecule has 2 aromatic carbocycles. The SMILES string of the molecule is C=C(C)C(=O)NCCC(=O)O.C=C(C)C(=O)SCCCCC(=O)O.C=C(C)C(=O)SCCCCCCC(=O)O.C=C(C)C(=O)SCCCCCCCCC(=O)O.C=CC(=O)NCCC(=O)O.C=CC(=O)NCCCCC(=O)O.C=CC(=O)SCCCCCCC(=O)O.C=CC(=O)SCCCCCCCCC(=O)O.C=Cc1ccc(C(=O)O)cc1.C=Cc1cccc(C(=O)O)c1. The van der Waals surface area contributed by atoms with Crippen LogP contribution in [0.3, 0.4) is 0 Å². The Bertz CT molecular complexity index is 3820. The van der Waals surface area contributed by atoms with Crippen LogP contribution < -0.4 is 16.0 Å². The first kappa shape index (κ1) is 135. The van der Waals surface area contributed by atoms with Gasteiger partial charge >= 0.3 is 59.7 Å². The summed E-state index contributed by atoms with van der Waals surface area (Å²) >= 11 is 6.42. The number of amides is 3. The summed E-state index contributed by atoms with van der Waals surface area (Å²) in [6.07, 6.45) is 31.7. The second-order valence-electron chi connectivity index (χ2n) is 27.4. The molecular weight excluding hydrogens is 1780 g/mol. The molecule has 0 saturated carbocycles. The van der Waals surface area contributed by atoms with Crippen molar-refractivity contribution in [3.63, 3.8) is 0 Å². The summed E-state index contributed by atoms with van der Waals surface area (Å²) in [6.45, 7) is 41.9. The molecule has 0 atom stereocenters. The van der Waals surface area contributed by atoms with Crippen LogP contribution in [0, 0.1) is 0 Å². The number of carboxylic acid groups (broad SMARTS) is 10. The molecule has 2 rings (SSSR count). The van der Waals surface area contributed by atoms with Crippen molar-refractivity contribution in [2.75, 3.05) is 48.4 Å². The number of rotatable bonds is 60. The van der Waals surface area contributed by atoms with Gasteiger partial charge in [0.25, 0.3) is 0 Å². The van der Waals surface area contributed by atoms with Gasteiger partial charge in [-0.2, -0.15) is 0 Å². The van der Waals surface area contributed by atoms with Crippen LogP contribution in [-0.2, 0) is 76.7 Å². The van der Waals surface area contributed by atoms with Crippen molar-refractivity contribution >= 4 is 174 Å². The molecule has 130 heavy (non-hydrogen) atoms. The van der Waals surface area contributed by atoms with Gasteiger partial charge in [-0.1, -0.05) is 238 Å². The smallest absolute Gasteiger partial charge is 0.335 e. The first-order valence-corrected chi connectivity index (χ1v) is 46.7. The van der Waals surface area contributed by atoms with Crippen molar-refractivity contribution in [1.29, 1.82) is 0 Å². The van der Waals surface area contributed by atoms with Crippen LogP contribution >= 0.6 is 58.8 Å². The Morgan fingerprint density at radius 1 is 0.277 bits per heavy atom. The second-order valence-corrected chi connectivity index (χ2v) is 32.8. The van der Waals surface area contributed by atoms with E-state index in [0.29, 0.717) is 65.0 Å². The van der Waals surface area contributed by atoms with Crippen molar-refractivity contribution in [2.45, 2.75) is 233 Å². The fraction of sp³-hybridized carbons (Fsp3) is 0.468. The quantitative estimate of drug-likeness (QED) is 0.0216. The third-order valence-electron chi connectivity index (χ3n) is 15.4. The van der Waals surface area contributed by atoms with Crippen LogP contribution in [-0.4, -0.2) is 202 Å². The van der Waals surface area contributed by atoms with Gasteiger partial charge in [0, 0.05) is 92.5 Å². The maximum atomic E-state index is 11.2. The van der Waals surface area contributed by atoms with E-state index in [1.54, 1.807) is 88.4 Å². The Balaban J connectivity index is -0.000000213. The third kappa shape index (κ3) is 115. The molecule has 0 aliphatic carbocycles. The van der Waals surface area contributed by atoms with Crippen LogP contribution in [0.2, 0.25) is 0 Å². The van der Waals surface area contributed by atoms with E-state index in [-0.39, 0.29) is 108 Å². The maximum Gasteiger partial charge on any atom is 0.335 e. The van der Waals surface area contributed by atoms with E-state index in [1.165, 1.54) is 77.0 Å². The lowest BCUT2D eigenvalue weighted by Gasteiger charge is -2.01. The van der Waals surface area contributed by atoms with Crippen molar-refractivity contribution in [3.05, 3.63) is 183 Å². The molecule has 13 N–H and O–H groups in total. The Hall–Kier alpha value is -11.0. The number of hydrogen-bond acceptors (Lipinski definition) is 23. The minimum atomic E-state index is -0.927. The van der Waals surface area contributed by atoms with Crippen molar-refractivity contribution in [3.8, 4) is 0 Å². The Morgan fingerprint density at radius 2 is 0.538 bits per heavy atom. The molecule has 0 bridgehead atoms. The van der Waals surface area contributed by atoms with E-state index in [4.69, 9.17) is 51.1 Å². The van der Waals surface area contributed by atoms with Gasteiger partial charge in [-0.15, -0.1) is 0 Å². The molecule has 0 heterocycles. The normalized spacial score (nSPS) is 9.48. The highest BCUT2D eigenvalue weighted by atomic mass is 32.2. The molecule has 0 unspecified atom stereocenters. The summed E-state index contributed by atoms with van der Waals surface area (Å²) < 4.78 is 0. The van der Waals surface area contributed by atoms with Gasteiger partial charge in [-0.3, -0.25) is 76.7 Å². The first-order valence-electron chi connectivity index (χ1n) is 41.8. The monoisotopic (exact) mass is 1920 g/mol. The molecule has 0 saturated heterocycles. The number of unbranched alkanes of at least 4 members (excludes halogenated alkanes) is 18. The lowest BCUT2D eigenvalue weighted by atomic mass is 10.1. The van der Waals surface area contributed by atoms with Gasteiger partial charge in [-0.05, 0) is 181 Å². The summed E-state index contributed by atoms with van der Waals surface area (Å²) in [7, 11) is 0. The minimum Gasteiger partial charge on any atom is -0.481 e. The number of thioether (sulfide) groups is 5. The second kappa shape index (κ2) is 97.1. The zero-order chi connectivity index (χ0) is 101. The molecule has 3 amide bonds. The first-order chi connectivity index (χ1) is 61.3. The molecule has 36 heteroatoms. The highest BCUT2D eigenvalue weighted by molar-refractivity contribution is 8.15.